The summed E-state index contributed by atoms with van der Waals surface area (Å²) in [7, 11) is 0. The van der Waals surface area contributed by atoms with E-state index in [0.29, 0.717) is 5.84 Å². The zero-order valence-corrected chi connectivity index (χ0v) is 18.6. The molecule has 0 bridgehead atoms. The summed E-state index contributed by atoms with van der Waals surface area (Å²) in [5.41, 5.74) is 10.2. The molecule has 0 unspecified atom stereocenters. The van der Waals surface area contributed by atoms with Crippen molar-refractivity contribution in [2.24, 2.45) is 10.7 Å². The average molecular weight is 398 g/mol. The Morgan fingerprint density at radius 1 is 1.14 bits per heavy atom. The molecule has 0 saturated carbocycles. The third-order valence-electron chi connectivity index (χ3n) is 5.98. The highest BCUT2D eigenvalue weighted by Crippen LogP contribution is 2.21. The number of amidine groups is 1. The second-order valence-corrected chi connectivity index (χ2v) is 8.20. The van der Waals surface area contributed by atoms with E-state index in [1.54, 1.807) is 0 Å². The lowest BCUT2D eigenvalue weighted by Gasteiger charge is -2.25. The molecule has 0 aromatic heterocycles. The number of nitrogens with one attached hydrogen (secondary N) is 2. The van der Waals surface area contributed by atoms with Crippen LogP contribution in [0.3, 0.4) is 0 Å². The highest BCUT2D eigenvalue weighted by molar-refractivity contribution is 6.07. The lowest BCUT2D eigenvalue weighted by Crippen LogP contribution is -2.44. The van der Waals surface area contributed by atoms with E-state index in [1.165, 1.54) is 49.7 Å². The van der Waals surface area contributed by atoms with Crippen LogP contribution in [0.5, 0.6) is 0 Å². The van der Waals surface area contributed by atoms with Gasteiger partial charge in [-0.1, -0.05) is 58.1 Å². The fourth-order valence-corrected chi connectivity index (χ4v) is 4.22. The summed E-state index contributed by atoms with van der Waals surface area (Å²) in [5, 5.41) is 16.3. The molecule has 1 aliphatic heterocycles. The number of likely N-dealkylation sites (tertiary alicyclic amines) is 1. The van der Waals surface area contributed by atoms with Gasteiger partial charge in [-0.05, 0) is 56.2 Å². The first-order chi connectivity index (χ1) is 14.0. The predicted molar refractivity (Wildman–Crippen MR) is 124 cm³/mol. The van der Waals surface area contributed by atoms with E-state index in [0.717, 1.165) is 43.5 Å². The number of nitrogens with two attached hydrogens (primary N) is 1. The van der Waals surface area contributed by atoms with E-state index in [-0.39, 0.29) is 12.0 Å². The molecule has 1 saturated heterocycles. The first-order valence-electron chi connectivity index (χ1n) is 11.3. The van der Waals surface area contributed by atoms with Gasteiger partial charge < -0.3 is 10.6 Å². The maximum atomic E-state index is 8.51. The van der Waals surface area contributed by atoms with Crippen LogP contribution in [0.2, 0.25) is 0 Å². The van der Waals surface area contributed by atoms with Crippen molar-refractivity contribution >= 4 is 17.5 Å². The minimum atomic E-state index is 0.0610. The van der Waals surface area contributed by atoms with Crippen molar-refractivity contribution in [2.45, 2.75) is 91.0 Å². The number of rotatable bonds is 10. The zero-order chi connectivity index (χ0) is 21.2. The smallest absolute Gasteiger partial charge is 0.188 e. The summed E-state index contributed by atoms with van der Waals surface area (Å²) in [4.78, 5) is 6.57. The predicted octanol–water partition coefficient (Wildman–Crippen LogP) is 5.43. The fraction of sp³-hybridized carbons (Fsp3) is 0.625. The summed E-state index contributed by atoms with van der Waals surface area (Å²) in [6.07, 6.45) is 11.7. The van der Waals surface area contributed by atoms with Gasteiger partial charge in [-0.2, -0.15) is 0 Å². The molecule has 2 rings (SSSR count). The minimum absolute atomic E-state index is 0.0610. The largest absolute Gasteiger partial charge is 0.370 e. The third-order valence-corrected chi connectivity index (χ3v) is 5.98. The molecule has 1 fully saturated rings. The molecule has 5 heteroatoms. The van der Waals surface area contributed by atoms with Gasteiger partial charge in [0.05, 0.1) is 6.04 Å². The Labute approximate surface area is 176 Å². The summed E-state index contributed by atoms with van der Waals surface area (Å²) >= 11 is 0. The molecule has 1 atom stereocenters. The Balaban J connectivity index is 2.00. The van der Waals surface area contributed by atoms with Gasteiger partial charge in [0.1, 0.15) is 0 Å². The third kappa shape index (κ3) is 6.69. The fourth-order valence-electron chi connectivity index (χ4n) is 4.22. The van der Waals surface area contributed by atoms with Gasteiger partial charge in [-0.15, -0.1) is 0 Å². The van der Waals surface area contributed by atoms with E-state index >= 15 is 0 Å². The molecule has 0 amide bonds. The summed E-state index contributed by atoms with van der Waals surface area (Å²) in [5.74, 6) is 0.418. The molecule has 1 aromatic carbocycles. The number of hydrogen-bond acceptors (Lipinski definition) is 2. The molecule has 0 radical (unpaired) electrons. The number of benzene rings is 1. The number of aryl methyl sites for hydroxylation is 2. The van der Waals surface area contributed by atoms with Crippen LogP contribution in [0.15, 0.2) is 23.2 Å². The SMILES string of the molecule is CCCCCCCCc1ccc(C(=N)N=C(CC)[C@@H]2CCCN2C(=N)N)cc1C. The van der Waals surface area contributed by atoms with E-state index in [1.807, 2.05) is 11.0 Å². The Bertz CT molecular complexity index is 722. The van der Waals surface area contributed by atoms with Gasteiger partial charge in [-0.3, -0.25) is 10.8 Å². The zero-order valence-electron chi connectivity index (χ0n) is 18.6. The number of guanidine groups is 1. The second-order valence-electron chi connectivity index (χ2n) is 8.20. The molecule has 1 heterocycles. The van der Waals surface area contributed by atoms with Crippen molar-refractivity contribution in [3.63, 3.8) is 0 Å². The van der Waals surface area contributed by atoms with Crippen molar-refractivity contribution in [3.8, 4) is 0 Å². The van der Waals surface area contributed by atoms with E-state index in [9.17, 15) is 0 Å². The van der Waals surface area contributed by atoms with Crippen LogP contribution in [0.1, 0.15) is 88.3 Å². The molecule has 160 valence electrons. The normalized spacial score (nSPS) is 17.0. The van der Waals surface area contributed by atoms with Crippen molar-refractivity contribution in [3.05, 3.63) is 34.9 Å². The van der Waals surface area contributed by atoms with Crippen LogP contribution in [-0.4, -0.2) is 35.0 Å². The lowest BCUT2D eigenvalue weighted by atomic mass is 9.98. The van der Waals surface area contributed by atoms with Gasteiger partial charge >= 0.3 is 0 Å². The number of hydrogen-bond donors (Lipinski definition) is 3. The maximum Gasteiger partial charge on any atom is 0.188 e. The molecular weight excluding hydrogens is 358 g/mol. The van der Waals surface area contributed by atoms with Crippen molar-refractivity contribution < 1.29 is 0 Å². The first-order valence-corrected chi connectivity index (χ1v) is 11.3. The Kier molecular flexibility index (Phi) is 9.36. The highest BCUT2D eigenvalue weighted by Gasteiger charge is 2.29. The van der Waals surface area contributed by atoms with Gasteiger partial charge in [-0.25, -0.2) is 4.99 Å². The number of unbranched alkanes of at least 4 members (excludes halogenated alkanes) is 5. The topological polar surface area (TPSA) is 89.3 Å². The van der Waals surface area contributed by atoms with Crippen molar-refractivity contribution in [1.82, 2.24) is 4.90 Å². The van der Waals surface area contributed by atoms with Crippen molar-refractivity contribution in [1.29, 1.82) is 10.8 Å². The maximum absolute atomic E-state index is 8.51. The van der Waals surface area contributed by atoms with E-state index < -0.39 is 0 Å². The van der Waals surface area contributed by atoms with Gasteiger partial charge in [0.2, 0.25) is 0 Å². The molecule has 0 spiro atoms. The van der Waals surface area contributed by atoms with Gasteiger partial charge in [0.25, 0.3) is 0 Å². The molecule has 4 N–H and O–H groups in total. The molecule has 29 heavy (non-hydrogen) atoms. The molecular formula is C24H39N5. The van der Waals surface area contributed by atoms with Crippen LogP contribution in [0.4, 0.5) is 0 Å². The Morgan fingerprint density at radius 3 is 2.52 bits per heavy atom. The summed E-state index contributed by atoms with van der Waals surface area (Å²) in [6.45, 7) is 7.27. The molecule has 5 nitrogen and oxygen atoms in total. The first kappa shape index (κ1) is 23.1. The summed E-state index contributed by atoms with van der Waals surface area (Å²) in [6, 6.07) is 6.37. The number of aliphatic imine (C=N–C) groups is 1. The average Bonchev–Trinajstić information content (AvgIpc) is 3.19. The molecule has 1 aromatic rings. The Morgan fingerprint density at radius 2 is 1.86 bits per heavy atom. The van der Waals surface area contributed by atoms with Gasteiger partial charge in [0.15, 0.2) is 11.8 Å². The van der Waals surface area contributed by atoms with Crippen LogP contribution in [0, 0.1) is 17.7 Å². The van der Waals surface area contributed by atoms with Crippen LogP contribution >= 0.6 is 0 Å². The van der Waals surface area contributed by atoms with E-state index in [4.69, 9.17) is 16.6 Å². The Hall–Kier alpha value is -2.17. The van der Waals surface area contributed by atoms with Crippen LogP contribution < -0.4 is 5.73 Å². The molecule has 1 aliphatic rings. The van der Waals surface area contributed by atoms with E-state index in [2.05, 4.69) is 37.9 Å². The highest BCUT2D eigenvalue weighted by atomic mass is 15.3. The monoisotopic (exact) mass is 397 g/mol. The van der Waals surface area contributed by atoms with Crippen LogP contribution in [-0.2, 0) is 6.42 Å². The second kappa shape index (κ2) is 11.7. The minimum Gasteiger partial charge on any atom is -0.370 e. The van der Waals surface area contributed by atoms with Gasteiger partial charge in [0, 0.05) is 17.8 Å². The standard InChI is InChI=1S/C24H39N5/c1-4-6-7-8-9-10-12-19-14-15-20(17-18(19)3)23(25)28-21(5-2)22-13-11-16-29(22)24(26)27/h14-15,17,22,25H,4-13,16H2,1-3H3,(H3,26,27)/t22-/m0/s1. The quantitative estimate of drug-likeness (QED) is 0.279. The van der Waals surface area contributed by atoms with Crippen LogP contribution in [0.25, 0.3) is 0 Å². The van der Waals surface area contributed by atoms with Crippen molar-refractivity contribution in [2.75, 3.05) is 6.54 Å². The lowest BCUT2D eigenvalue weighted by molar-refractivity contribution is 0.455. The molecule has 0 aliphatic carbocycles. The number of nitrogens with zero attached hydrogens (tertiary/aromatic N) is 2. The summed E-state index contributed by atoms with van der Waals surface area (Å²) < 4.78 is 0.